The van der Waals surface area contributed by atoms with E-state index < -0.39 is 0 Å². The van der Waals surface area contributed by atoms with Gasteiger partial charge in [0.1, 0.15) is 11.5 Å². The maximum atomic E-state index is 12.6. The first-order valence-corrected chi connectivity index (χ1v) is 8.97. The first-order chi connectivity index (χ1) is 11.9. The van der Waals surface area contributed by atoms with E-state index in [9.17, 15) is 4.79 Å². The maximum absolute atomic E-state index is 12.6. The summed E-state index contributed by atoms with van der Waals surface area (Å²) in [5, 5.41) is 4.56. The number of carbonyl (C=O) groups is 1. The molecule has 2 aromatic rings. The molecule has 0 N–H and O–H groups in total. The van der Waals surface area contributed by atoms with Crippen LogP contribution in [0.15, 0.2) is 22.6 Å². The highest BCUT2D eigenvalue weighted by atomic mass is 16.3. The summed E-state index contributed by atoms with van der Waals surface area (Å²) < 4.78 is 7.64. The van der Waals surface area contributed by atoms with E-state index in [1.165, 1.54) is 5.69 Å². The van der Waals surface area contributed by atoms with Gasteiger partial charge in [0.2, 0.25) is 5.91 Å². The Kier molecular flexibility index (Phi) is 5.27. The van der Waals surface area contributed by atoms with Crippen LogP contribution in [0.2, 0.25) is 0 Å². The van der Waals surface area contributed by atoms with Crippen molar-refractivity contribution in [3.63, 3.8) is 0 Å². The number of hydrogen-bond donors (Lipinski definition) is 0. The molecule has 1 amide bonds. The molecular weight excluding hydrogens is 316 g/mol. The number of aryl methyl sites for hydroxylation is 3. The molecule has 1 saturated heterocycles. The Balaban J connectivity index is 1.56. The van der Waals surface area contributed by atoms with Crippen molar-refractivity contribution in [2.24, 2.45) is 0 Å². The number of amides is 1. The van der Waals surface area contributed by atoms with Gasteiger partial charge in [0.15, 0.2) is 0 Å². The van der Waals surface area contributed by atoms with Gasteiger partial charge in [-0.05, 0) is 58.4 Å². The molecule has 2 aromatic heterocycles. The standard InChI is InChI=1S/C19H28N4O2/c1-14-10-15(2)23(20-14)11-17-6-5-9-22(17)13-19(24)21(4)12-18-8-7-16(3)25-18/h7-8,10,17H,5-6,9,11-13H2,1-4H3/t17-/m0/s1. The van der Waals surface area contributed by atoms with E-state index in [4.69, 9.17) is 4.42 Å². The number of aromatic nitrogens is 2. The van der Waals surface area contributed by atoms with Crippen LogP contribution in [0.4, 0.5) is 0 Å². The van der Waals surface area contributed by atoms with Gasteiger partial charge < -0.3 is 9.32 Å². The molecule has 1 aliphatic rings. The van der Waals surface area contributed by atoms with Crippen LogP contribution in [-0.2, 0) is 17.9 Å². The van der Waals surface area contributed by atoms with E-state index in [1.54, 1.807) is 4.90 Å². The smallest absolute Gasteiger partial charge is 0.236 e. The fourth-order valence-corrected chi connectivity index (χ4v) is 3.56. The number of carbonyl (C=O) groups excluding carboxylic acids is 1. The summed E-state index contributed by atoms with van der Waals surface area (Å²) >= 11 is 0. The number of nitrogens with zero attached hydrogens (tertiary/aromatic N) is 4. The number of likely N-dealkylation sites (N-methyl/N-ethyl adjacent to an activating group) is 1. The van der Waals surface area contributed by atoms with Gasteiger partial charge in [0.05, 0.1) is 25.3 Å². The molecule has 6 nitrogen and oxygen atoms in total. The minimum absolute atomic E-state index is 0.134. The third kappa shape index (κ3) is 4.31. The fraction of sp³-hybridized carbons (Fsp3) is 0.579. The van der Waals surface area contributed by atoms with E-state index in [0.29, 0.717) is 19.1 Å². The molecule has 0 aliphatic carbocycles. The maximum Gasteiger partial charge on any atom is 0.236 e. The Labute approximate surface area is 149 Å². The Hall–Kier alpha value is -2.08. The summed E-state index contributed by atoms with van der Waals surface area (Å²) in [5.74, 6) is 1.84. The zero-order valence-corrected chi connectivity index (χ0v) is 15.7. The highest BCUT2D eigenvalue weighted by molar-refractivity contribution is 5.78. The van der Waals surface area contributed by atoms with Gasteiger partial charge in [0.25, 0.3) is 0 Å². The summed E-state index contributed by atoms with van der Waals surface area (Å²) in [7, 11) is 1.84. The normalized spacial score (nSPS) is 18.0. The summed E-state index contributed by atoms with van der Waals surface area (Å²) in [6.07, 6.45) is 2.26. The molecule has 1 fully saturated rings. The SMILES string of the molecule is Cc1cc(C)n(C[C@@H]2CCCN2CC(=O)N(C)Cc2ccc(C)o2)n1. The molecule has 25 heavy (non-hydrogen) atoms. The van der Waals surface area contributed by atoms with Crippen molar-refractivity contribution >= 4 is 5.91 Å². The predicted molar refractivity (Wildman–Crippen MR) is 96.2 cm³/mol. The zero-order chi connectivity index (χ0) is 18.0. The Morgan fingerprint density at radius 3 is 2.80 bits per heavy atom. The van der Waals surface area contributed by atoms with Crippen LogP contribution in [0, 0.1) is 20.8 Å². The molecule has 0 saturated carbocycles. The lowest BCUT2D eigenvalue weighted by atomic mass is 10.2. The summed E-state index contributed by atoms with van der Waals surface area (Å²) in [6, 6.07) is 6.34. The topological polar surface area (TPSA) is 54.5 Å². The summed E-state index contributed by atoms with van der Waals surface area (Å²) in [6.45, 7) is 8.83. The van der Waals surface area contributed by atoms with Crippen LogP contribution in [0.1, 0.15) is 35.7 Å². The van der Waals surface area contributed by atoms with Gasteiger partial charge in [-0.3, -0.25) is 14.4 Å². The van der Waals surface area contributed by atoms with Gasteiger partial charge in [0, 0.05) is 18.8 Å². The highest BCUT2D eigenvalue weighted by Gasteiger charge is 2.28. The minimum atomic E-state index is 0.134. The highest BCUT2D eigenvalue weighted by Crippen LogP contribution is 2.20. The lowest BCUT2D eigenvalue weighted by Gasteiger charge is -2.26. The number of rotatable bonds is 6. The van der Waals surface area contributed by atoms with Crippen LogP contribution in [-0.4, -0.2) is 51.7 Å². The number of hydrogen-bond acceptors (Lipinski definition) is 4. The van der Waals surface area contributed by atoms with Gasteiger partial charge in [-0.2, -0.15) is 5.10 Å². The average molecular weight is 344 g/mol. The predicted octanol–water partition coefficient (Wildman–Crippen LogP) is 2.52. The quantitative estimate of drug-likeness (QED) is 0.808. The summed E-state index contributed by atoms with van der Waals surface area (Å²) in [5.41, 5.74) is 2.23. The van der Waals surface area contributed by atoms with Gasteiger partial charge in [-0.1, -0.05) is 0 Å². The molecule has 136 valence electrons. The largest absolute Gasteiger partial charge is 0.464 e. The molecule has 1 aliphatic heterocycles. The van der Waals surface area contributed by atoms with Crippen molar-refractivity contribution in [1.82, 2.24) is 19.6 Å². The van der Waals surface area contributed by atoms with Crippen molar-refractivity contribution in [2.75, 3.05) is 20.1 Å². The van der Waals surface area contributed by atoms with Crippen molar-refractivity contribution in [3.05, 3.63) is 41.1 Å². The average Bonchev–Trinajstić information content (AvgIpc) is 3.23. The first kappa shape index (κ1) is 17.7. The molecule has 0 aromatic carbocycles. The van der Waals surface area contributed by atoms with Crippen molar-refractivity contribution in [2.45, 2.75) is 52.7 Å². The number of furan rings is 1. The third-order valence-corrected chi connectivity index (χ3v) is 4.94. The van der Waals surface area contributed by atoms with E-state index >= 15 is 0 Å². The van der Waals surface area contributed by atoms with E-state index in [-0.39, 0.29) is 5.91 Å². The second-order valence-electron chi connectivity index (χ2n) is 7.14. The van der Waals surface area contributed by atoms with Crippen molar-refractivity contribution < 1.29 is 9.21 Å². The molecule has 0 radical (unpaired) electrons. The van der Waals surface area contributed by atoms with Crippen LogP contribution in [0.3, 0.4) is 0 Å². The first-order valence-electron chi connectivity index (χ1n) is 8.97. The molecule has 0 bridgehead atoms. The van der Waals surface area contributed by atoms with Crippen LogP contribution < -0.4 is 0 Å². The molecule has 0 spiro atoms. The molecule has 1 atom stereocenters. The monoisotopic (exact) mass is 344 g/mol. The molecular formula is C19H28N4O2. The van der Waals surface area contributed by atoms with Crippen LogP contribution >= 0.6 is 0 Å². The lowest BCUT2D eigenvalue weighted by Crippen LogP contribution is -2.42. The van der Waals surface area contributed by atoms with Gasteiger partial charge in [-0.15, -0.1) is 0 Å². The summed E-state index contributed by atoms with van der Waals surface area (Å²) in [4.78, 5) is 16.6. The number of likely N-dealkylation sites (tertiary alicyclic amines) is 1. The van der Waals surface area contributed by atoms with E-state index in [0.717, 1.165) is 43.1 Å². The van der Waals surface area contributed by atoms with Crippen molar-refractivity contribution in [3.8, 4) is 0 Å². The van der Waals surface area contributed by atoms with Crippen molar-refractivity contribution in [1.29, 1.82) is 0 Å². The Bertz CT molecular complexity index is 734. The van der Waals surface area contributed by atoms with E-state index in [2.05, 4.69) is 27.7 Å². The molecule has 3 heterocycles. The Morgan fingerprint density at radius 2 is 2.16 bits per heavy atom. The zero-order valence-electron chi connectivity index (χ0n) is 15.7. The molecule has 6 heteroatoms. The van der Waals surface area contributed by atoms with Crippen LogP contribution in [0.25, 0.3) is 0 Å². The second kappa shape index (κ2) is 7.44. The van der Waals surface area contributed by atoms with Crippen LogP contribution in [0.5, 0.6) is 0 Å². The minimum Gasteiger partial charge on any atom is -0.464 e. The second-order valence-corrected chi connectivity index (χ2v) is 7.14. The Morgan fingerprint density at radius 1 is 1.36 bits per heavy atom. The molecule has 0 unspecified atom stereocenters. The van der Waals surface area contributed by atoms with Gasteiger partial charge in [-0.25, -0.2) is 0 Å². The third-order valence-electron chi connectivity index (χ3n) is 4.94. The van der Waals surface area contributed by atoms with Gasteiger partial charge >= 0.3 is 0 Å². The fourth-order valence-electron chi connectivity index (χ4n) is 3.56. The van der Waals surface area contributed by atoms with E-state index in [1.807, 2.05) is 33.0 Å². The lowest BCUT2D eigenvalue weighted by molar-refractivity contribution is -0.132. The molecule has 3 rings (SSSR count).